The largest absolute Gasteiger partial charge is 0.507 e. The lowest BCUT2D eigenvalue weighted by Gasteiger charge is -2.30. The molecule has 0 unspecified atom stereocenters. The fourth-order valence-electron chi connectivity index (χ4n) is 4.27. The molecule has 1 aliphatic heterocycles. The Bertz CT molecular complexity index is 1230. The summed E-state index contributed by atoms with van der Waals surface area (Å²) in [7, 11) is 0. The summed E-state index contributed by atoms with van der Waals surface area (Å²) in [6, 6.07) is 11.9. The van der Waals surface area contributed by atoms with Gasteiger partial charge in [0, 0.05) is 21.8 Å². The van der Waals surface area contributed by atoms with Gasteiger partial charge in [-0.2, -0.15) is 0 Å². The molecule has 0 fully saturated rings. The highest BCUT2D eigenvalue weighted by molar-refractivity contribution is 7.99. The highest BCUT2D eigenvalue weighted by Gasteiger charge is 2.39. The van der Waals surface area contributed by atoms with Gasteiger partial charge in [0.1, 0.15) is 5.75 Å². The molecule has 1 aliphatic rings. The molecule has 6 nitrogen and oxygen atoms in total. The van der Waals surface area contributed by atoms with Gasteiger partial charge in [-0.05, 0) is 45.5 Å². The summed E-state index contributed by atoms with van der Waals surface area (Å²) in [5.41, 5.74) is 4.25. The van der Waals surface area contributed by atoms with Gasteiger partial charge in [0.25, 0.3) is 6.17 Å². The van der Waals surface area contributed by atoms with Crippen LogP contribution in [0.25, 0.3) is 11.3 Å². The van der Waals surface area contributed by atoms with Crippen molar-refractivity contribution >= 4 is 17.4 Å². The number of phenolic OH excluding ortho intramolecular Hbond substituents is 1. The molecule has 174 valence electrons. The molecular formula is C26H33N4O2S+. The minimum absolute atomic E-state index is 0.161. The summed E-state index contributed by atoms with van der Waals surface area (Å²) in [4.78, 5) is 16.1. The van der Waals surface area contributed by atoms with Crippen LogP contribution >= 0.6 is 11.8 Å². The number of aromatic hydroxyl groups is 1. The average molecular weight is 466 g/mol. The Hall–Kier alpha value is -2.80. The third-order valence-corrected chi connectivity index (χ3v) is 6.67. The van der Waals surface area contributed by atoms with Crippen molar-refractivity contribution in [3.63, 3.8) is 0 Å². The Kier molecular flexibility index (Phi) is 5.81. The smallest absolute Gasteiger partial charge is 0.325 e. The van der Waals surface area contributed by atoms with Crippen molar-refractivity contribution in [3.8, 4) is 17.0 Å². The van der Waals surface area contributed by atoms with E-state index < -0.39 is 6.17 Å². The number of hydrogen-bond donors (Lipinski definition) is 3. The van der Waals surface area contributed by atoms with E-state index in [0.29, 0.717) is 16.6 Å². The summed E-state index contributed by atoms with van der Waals surface area (Å²) in [5, 5.41) is 20.2. The molecular weight excluding hydrogens is 432 g/mol. The maximum atomic E-state index is 13.2. The molecule has 0 amide bonds. The molecule has 7 heteroatoms. The number of hydrogen-bond acceptors (Lipinski definition) is 5. The SMILES string of the molecule is CCSc1n[n+]2c(c(=O)[nH]1)-c1ccccc1N[C@@H]2c1cc(C(C)(C)C)c(O)c(C(C)(C)C)c1. The number of para-hydroxylation sites is 1. The van der Waals surface area contributed by atoms with Crippen LogP contribution in [0.15, 0.2) is 46.3 Å². The molecule has 2 heterocycles. The highest BCUT2D eigenvalue weighted by atomic mass is 32.2. The molecule has 0 saturated carbocycles. The molecule has 4 rings (SSSR count). The van der Waals surface area contributed by atoms with Crippen molar-refractivity contribution < 1.29 is 9.79 Å². The molecule has 2 aromatic carbocycles. The first-order valence-electron chi connectivity index (χ1n) is 11.3. The molecule has 0 bridgehead atoms. The van der Waals surface area contributed by atoms with Gasteiger partial charge >= 0.3 is 11.3 Å². The number of phenols is 1. The number of thioether (sulfide) groups is 1. The van der Waals surface area contributed by atoms with E-state index in [1.54, 1.807) is 4.68 Å². The van der Waals surface area contributed by atoms with E-state index in [9.17, 15) is 9.90 Å². The first kappa shape index (κ1) is 23.4. The van der Waals surface area contributed by atoms with Gasteiger partial charge < -0.3 is 10.4 Å². The molecule has 0 spiro atoms. The normalized spacial score (nSPS) is 15.5. The van der Waals surface area contributed by atoms with E-state index in [1.807, 2.05) is 43.3 Å². The number of nitrogens with one attached hydrogen (secondary N) is 2. The van der Waals surface area contributed by atoms with Crippen LogP contribution in [0.3, 0.4) is 0 Å². The number of benzene rings is 2. The molecule has 0 aliphatic carbocycles. The van der Waals surface area contributed by atoms with Crippen LogP contribution in [-0.2, 0) is 10.8 Å². The second-order valence-electron chi connectivity index (χ2n) is 10.5. The van der Waals surface area contributed by atoms with E-state index in [1.165, 1.54) is 11.8 Å². The third-order valence-electron chi connectivity index (χ3n) is 5.93. The van der Waals surface area contributed by atoms with Crippen LogP contribution < -0.4 is 15.6 Å². The van der Waals surface area contributed by atoms with E-state index in [0.717, 1.165) is 33.7 Å². The molecule has 1 aromatic heterocycles. The van der Waals surface area contributed by atoms with Crippen molar-refractivity contribution in [2.45, 2.75) is 70.6 Å². The van der Waals surface area contributed by atoms with Gasteiger partial charge in [0.05, 0.1) is 11.3 Å². The summed E-state index contributed by atoms with van der Waals surface area (Å²) in [5.74, 6) is 1.14. The summed E-state index contributed by atoms with van der Waals surface area (Å²) < 4.78 is 1.80. The zero-order valence-electron chi connectivity index (χ0n) is 20.4. The Morgan fingerprint density at radius 2 is 1.67 bits per heavy atom. The van der Waals surface area contributed by atoms with Crippen molar-refractivity contribution in [1.29, 1.82) is 0 Å². The van der Waals surface area contributed by atoms with Crippen LogP contribution in [-0.4, -0.2) is 20.9 Å². The quantitative estimate of drug-likeness (QED) is 0.370. The number of anilines is 1. The number of rotatable bonds is 3. The number of aromatic amines is 1. The van der Waals surface area contributed by atoms with Gasteiger partial charge in [-0.1, -0.05) is 72.4 Å². The Labute approximate surface area is 199 Å². The fourth-order valence-corrected chi connectivity index (χ4v) is 4.86. The first-order chi connectivity index (χ1) is 15.4. The Morgan fingerprint density at radius 3 is 2.24 bits per heavy atom. The second kappa shape index (κ2) is 8.20. The number of nitrogens with zero attached hydrogens (tertiary/aromatic N) is 2. The van der Waals surface area contributed by atoms with Crippen LogP contribution in [0.1, 0.15) is 71.3 Å². The lowest BCUT2D eigenvalue weighted by Crippen LogP contribution is -2.55. The summed E-state index contributed by atoms with van der Waals surface area (Å²) in [6.07, 6.45) is -0.392. The van der Waals surface area contributed by atoms with Gasteiger partial charge in [-0.15, -0.1) is 0 Å². The van der Waals surface area contributed by atoms with Gasteiger partial charge in [-0.25, -0.2) is 0 Å². The van der Waals surface area contributed by atoms with Gasteiger partial charge in [-0.3, -0.25) is 9.78 Å². The van der Waals surface area contributed by atoms with Gasteiger partial charge in [0.15, 0.2) is 0 Å². The molecule has 33 heavy (non-hydrogen) atoms. The molecule has 1 atom stereocenters. The average Bonchev–Trinajstić information content (AvgIpc) is 2.71. The van der Waals surface area contributed by atoms with Crippen LogP contribution in [0, 0.1) is 0 Å². The second-order valence-corrected chi connectivity index (χ2v) is 11.8. The Balaban J connectivity index is 2.02. The summed E-state index contributed by atoms with van der Waals surface area (Å²) in [6.45, 7) is 14.6. The topological polar surface area (TPSA) is 81.9 Å². The van der Waals surface area contributed by atoms with Crippen LogP contribution in [0.5, 0.6) is 5.75 Å². The van der Waals surface area contributed by atoms with E-state index in [-0.39, 0.29) is 16.4 Å². The maximum absolute atomic E-state index is 13.2. The predicted octanol–water partition coefficient (Wildman–Crippen LogP) is 5.11. The predicted molar refractivity (Wildman–Crippen MR) is 134 cm³/mol. The molecule has 0 radical (unpaired) electrons. The lowest BCUT2D eigenvalue weighted by atomic mass is 9.78. The lowest BCUT2D eigenvalue weighted by molar-refractivity contribution is -0.759. The molecule has 3 N–H and O–H groups in total. The van der Waals surface area contributed by atoms with Crippen LogP contribution in [0.2, 0.25) is 0 Å². The van der Waals surface area contributed by atoms with Crippen molar-refractivity contribution in [3.05, 3.63) is 63.4 Å². The molecule has 0 saturated heterocycles. The van der Waals surface area contributed by atoms with Crippen LogP contribution in [0.4, 0.5) is 5.69 Å². The maximum Gasteiger partial charge on any atom is 0.325 e. The number of fused-ring (bicyclic) bond motifs is 3. The van der Waals surface area contributed by atoms with E-state index in [2.05, 4.69) is 51.8 Å². The number of aromatic nitrogens is 3. The fraction of sp³-hybridized carbons (Fsp3) is 0.423. The zero-order chi connectivity index (χ0) is 24.1. The zero-order valence-corrected chi connectivity index (χ0v) is 21.2. The Morgan fingerprint density at radius 1 is 1.06 bits per heavy atom. The standard InChI is InChI=1S/C26H32N4O2S/c1-8-33-24-28-23(32)20-16-11-9-10-12-19(16)27-22(30(20)29-24)15-13-17(25(2,3)4)21(31)18(14-15)26(5,6)7/h9-14,22H,8H2,1-7H3,(H2,28,29,31,32)/p+1/t22-/m0/s1. The summed E-state index contributed by atoms with van der Waals surface area (Å²) >= 11 is 1.50. The van der Waals surface area contributed by atoms with Crippen molar-refractivity contribution in [2.24, 2.45) is 0 Å². The van der Waals surface area contributed by atoms with Crippen molar-refractivity contribution in [1.82, 2.24) is 10.1 Å². The first-order valence-corrected chi connectivity index (χ1v) is 12.3. The molecule has 3 aromatic rings. The van der Waals surface area contributed by atoms with Gasteiger partial charge in [0.2, 0.25) is 5.16 Å². The minimum Gasteiger partial charge on any atom is -0.507 e. The monoisotopic (exact) mass is 465 g/mol. The van der Waals surface area contributed by atoms with E-state index in [4.69, 9.17) is 5.10 Å². The highest BCUT2D eigenvalue weighted by Crippen LogP contribution is 2.42. The third kappa shape index (κ3) is 4.26. The van der Waals surface area contributed by atoms with E-state index >= 15 is 0 Å². The number of H-pyrrole nitrogens is 1. The minimum atomic E-state index is -0.392. The van der Waals surface area contributed by atoms with Crippen molar-refractivity contribution in [2.75, 3.05) is 11.1 Å².